The average Bonchev–Trinajstić information content (AvgIpc) is 2.15. The second-order valence-corrected chi connectivity index (χ2v) is 4.57. The van der Waals surface area contributed by atoms with Crippen LogP contribution in [-0.4, -0.2) is 42.4 Å². The van der Waals surface area contributed by atoms with E-state index in [1.807, 2.05) is 0 Å². The number of carbonyl (C=O) groups excluding carboxylic acids is 1. The summed E-state index contributed by atoms with van der Waals surface area (Å²) in [5, 5.41) is 13.8. The van der Waals surface area contributed by atoms with Gasteiger partial charge in [0.15, 0.2) is 0 Å². The van der Waals surface area contributed by atoms with E-state index in [9.17, 15) is 9.59 Å². The van der Waals surface area contributed by atoms with E-state index in [1.165, 1.54) is 0 Å². The first kappa shape index (κ1) is 13.8. The standard InChI is InChI=1S/C11H20N2O4/c1-8(6-9(14)15)13-10(16)12-7-11(17-2)4-3-5-11/h8H,3-7H2,1-2H3,(H,14,15)(H2,12,13,16). The molecule has 0 spiro atoms. The van der Waals surface area contributed by atoms with Gasteiger partial charge in [0.25, 0.3) is 0 Å². The lowest BCUT2D eigenvalue weighted by Crippen LogP contribution is -2.52. The molecule has 6 heteroatoms. The molecule has 1 fully saturated rings. The van der Waals surface area contributed by atoms with Crippen molar-refractivity contribution < 1.29 is 19.4 Å². The fraction of sp³-hybridized carbons (Fsp3) is 0.818. The molecule has 1 aliphatic rings. The summed E-state index contributed by atoms with van der Waals surface area (Å²) >= 11 is 0. The topological polar surface area (TPSA) is 87.7 Å². The van der Waals surface area contributed by atoms with Gasteiger partial charge in [-0.25, -0.2) is 4.79 Å². The highest BCUT2D eigenvalue weighted by molar-refractivity contribution is 5.75. The number of hydrogen-bond donors (Lipinski definition) is 3. The lowest BCUT2D eigenvalue weighted by molar-refractivity contribution is -0.137. The minimum atomic E-state index is -0.926. The quantitative estimate of drug-likeness (QED) is 0.642. The normalized spacial score (nSPS) is 18.9. The minimum absolute atomic E-state index is 0.0805. The average molecular weight is 244 g/mol. The van der Waals surface area contributed by atoms with Crippen molar-refractivity contribution in [2.75, 3.05) is 13.7 Å². The van der Waals surface area contributed by atoms with Gasteiger partial charge in [-0.3, -0.25) is 4.79 Å². The SMILES string of the molecule is COC1(CNC(=O)NC(C)CC(=O)O)CCC1. The summed E-state index contributed by atoms with van der Waals surface area (Å²) in [5.74, 6) is -0.926. The molecule has 1 unspecified atom stereocenters. The van der Waals surface area contributed by atoms with Gasteiger partial charge in [0.1, 0.15) is 0 Å². The fourth-order valence-electron chi connectivity index (χ4n) is 1.85. The van der Waals surface area contributed by atoms with E-state index in [0.29, 0.717) is 6.54 Å². The highest BCUT2D eigenvalue weighted by Gasteiger charge is 2.37. The van der Waals surface area contributed by atoms with Gasteiger partial charge >= 0.3 is 12.0 Å². The van der Waals surface area contributed by atoms with Crippen molar-refractivity contribution in [2.24, 2.45) is 0 Å². The number of rotatable bonds is 6. The van der Waals surface area contributed by atoms with Gasteiger partial charge in [-0.15, -0.1) is 0 Å². The maximum absolute atomic E-state index is 11.5. The Kier molecular flexibility index (Phi) is 4.74. The monoisotopic (exact) mass is 244 g/mol. The molecule has 1 saturated carbocycles. The number of ether oxygens (including phenoxy) is 1. The number of methoxy groups -OCH3 is 1. The van der Waals surface area contributed by atoms with E-state index < -0.39 is 5.97 Å². The Morgan fingerprint density at radius 1 is 1.47 bits per heavy atom. The number of hydrogen-bond acceptors (Lipinski definition) is 3. The summed E-state index contributed by atoms with van der Waals surface area (Å²) in [4.78, 5) is 21.9. The van der Waals surface area contributed by atoms with Crippen LogP contribution in [0.3, 0.4) is 0 Å². The third-order valence-corrected chi connectivity index (χ3v) is 3.13. The van der Waals surface area contributed by atoms with Crippen LogP contribution in [0.5, 0.6) is 0 Å². The number of amides is 2. The molecule has 0 aromatic rings. The van der Waals surface area contributed by atoms with Crippen LogP contribution in [0.15, 0.2) is 0 Å². The first-order chi connectivity index (χ1) is 7.97. The van der Waals surface area contributed by atoms with Gasteiger partial charge in [-0.1, -0.05) is 0 Å². The van der Waals surface area contributed by atoms with Crippen molar-refractivity contribution in [1.82, 2.24) is 10.6 Å². The highest BCUT2D eigenvalue weighted by Crippen LogP contribution is 2.34. The van der Waals surface area contributed by atoms with Crippen molar-refractivity contribution in [1.29, 1.82) is 0 Å². The lowest BCUT2D eigenvalue weighted by atomic mass is 9.80. The zero-order valence-corrected chi connectivity index (χ0v) is 10.3. The van der Waals surface area contributed by atoms with Crippen LogP contribution < -0.4 is 10.6 Å². The molecule has 2 amide bonds. The van der Waals surface area contributed by atoms with Gasteiger partial charge in [0, 0.05) is 19.7 Å². The Morgan fingerprint density at radius 2 is 2.12 bits per heavy atom. The van der Waals surface area contributed by atoms with Gasteiger partial charge in [-0.2, -0.15) is 0 Å². The number of nitrogens with one attached hydrogen (secondary N) is 2. The van der Waals surface area contributed by atoms with E-state index in [-0.39, 0.29) is 24.1 Å². The smallest absolute Gasteiger partial charge is 0.315 e. The second kappa shape index (κ2) is 5.86. The fourth-order valence-corrected chi connectivity index (χ4v) is 1.85. The molecule has 0 heterocycles. The number of carbonyl (C=O) groups is 2. The molecule has 0 aromatic heterocycles. The number of urea groups is 1. The van der Waals surface area contributed by atoms with Crippen LogP contribution in [0.2, 0.25) is 0 Å². The molecule has 1 atom stereocenters. The molecule has 17 heavy (non-hydrogen) atoms. The summed E-state index contributed by atoms with van der Waals surface area (Å²) in [5.41, 5.74) is -0.215. The van der Waals surface area contributed by atoms with E-state index in [1.54, 1.807) is 14.0 Å². The first-order valence-electron chi connectivity index (χ1n) is 5.79. The predicted octanol–water partition coefficient (Wildman–Crippen LogP) is 0.718. The summed E-state index contributed by atoms with van der Waals surface area (Å²) in [6, 6.07) is -0.727. The second-order valence-electron chi connectivity index (χ2n) is 4.57. The van der Waals surface area contributed by atoms with Crippen LogP contribution in [0.1, 0.15) is 32.6 Å². The molecule has 1 rings (SSSR count). The van der Waals surface area contributed by atoms with Crippen molar-refractivity contribution in [3.05, 3.63) is 0 Å². The summed E-state index contributed by atoms with van der Waals surface area (Å²) in [6.07, 6.45) is 2.94. The number of carboxylic acids is 1. The van der Waals surface area contributed by atoms with E-state index in [2.05, 4.69) is 10.6 Å². The van der Waals surface area contributed by atoms with E-state index in [4.69, 9.17) is 9.84 Å². The van der Waals surface area contributed by atoms with Gasteiger partial charge < -0.3 is 20.5 Å². The van der Waals surface area contributed by atoms with Crippen LogP contribution >= 0.6 is 0 Å². The summed E-state index contributed by atoms with van der Waals surface area (Å²) in [6.45, 7) is 2.12. The molecular weight excluding hydrogens is 224 g/mol. The van der Waals surface area contributed by atoms with Gasteiger partial charge in [0.05, 0.1) is 12.0 Å². The van der Waals surface area contributed by atoms with Crippen molar-refractivity contribution in [3.63, 3.8) is 0 Å². The largest absolute Gasteiger partial charge is 0.481 e. The van der Waals surface area contributed by atoms with Crippen LogP contribution in [0.25, 0.3) is 0 Å². The molecule has 0 radical (unpaired) electrons. The molecule has 98 valence electrons. The number of aliphatic carboxylic acids is 1. The molecule has 1 aliphatic carbocycles. The molecular formula is C11H20N2O4. The Balaban J connectivity index is 2.23. The van der Waals surface area contributed by atoms with Crippen molar-refractivity contribution >= 4 is 12.0 Å². The maximum Gasteiger partial charge on any atom is 0.315 e. The third-order valence-electron chi connectivity index (χ3n) is 3.13. The van der Waals surface area contributed by atoms with Crippen LogP contribution in [-0.2, 0) is 9.53 Å². The Labute approximate surface area is 101 Å². The van der Waals surface area contributed by atoms with Gasteiger partial charge in [-0.05, 0) is 26.2 Å². The van der Waals surface area contributed by atoms with Crippen molar-refractivity contribution in [2.45, 2.75) is 44.2 Å². The lowest BCUT2D eigenvalue weighted by Gasteiger charge is -2.40. The highest BCUT2D eigenvalue weighted by atomic mass is 16.5. The first-order valence-corrected chi connectivity index (χ1v) is 5.79. The Hall–Kier alpha value is -1.30. The molecule has 6 nitrogen and oxygen atoms in total. The number of carboxylic acid groups (broad SMARTS) is 1. The molecule has 0 saturated heterocycles. The van der Waals surface area contributed by atoms with Gasteiger partial charge in [0.2, 0.25) is 0 Å². The predicted molar refractivity (Wildman–Crippen MR) is 61.8 cm³/mol. The summed E-state index contributed by atoms with van der Waals surface area (Å²) < 4.78 is 5.36. The minimum Gasteiger partial charge on any atom is -0.481 e. The molecule has 3 N–H and O–H groups in total. The van der Waals surface area contributed by atoms with Crippen LogP contribution in [0, 0.1) is 0 Å². The van der Waals surface area contributed by atoms with E-state index >= 15 is 0 Å². The maximum atomic E-state index is 11.5. The van der Waals surface area contributed by atoms with Crippen molar-refractivity contribution in [3.8, 4) is 0 Å². The molecule has 0 aromatic carbocycles. The van der Waals surface area contributed by atoms with E-state index in [0.717, 1.165) is 19.3 Å². The zero-order valence-electron chi connectivity index (χ0n) is 10.3. The molecule has 0 bridgehead atoms. The third kappa shape index (κ3) is 4.22. The molecule has 0 aliphatic heterocycles. The van der Waals surface area contributed by atoms with Crippen LogP contribution in [0.4, 0.5) is 4.79 Å². The Bertz CT molecular complexity index is 284. The Morgan fingerprint density at radius 3 is 2.53 bits per heavy atom. The summed E-state index contributed by atoms with van der Waals surface area (Å²) in [7, 11) is 1.64. The zero-order chi connectivity index (χ0) is 12.9.